The lowest BCUT2D eigenvalue weighted by atomic mass is 10.1. The van der Waals surface area contributed by atoms with E-state index in [-0.39, 0.29) is 4.90 Å². The fourth-order valence-electron chi connectivity index (χ4n) is 2.56. The Morgan fingerprint density at radius 2 is 1.23 bits per heavy atom. The summed E-state index contributed by atoms with van der Waals surface area (Å²) in [6.45, 7) is 14.9. The number of hydrogen-bond donors (Lipinski definition) is 2. The summed E-state index contributed by atoms with van der Waals surface area (Å²) in [6.07, 6.45) is -1.96. The highest BCUT2D eigenvalue weighted by Crippen LogP contribution is 2.23. The van der Waals surface area contributed by atoms with Crippen LogP contribution in [0, 0.1) is 20.8 Å². The van der Waals surface area contributed by atoms with Gasteiger partial charge in [0.05, 0.1) is 0 Å². The molecule has 0 bridgehead atoms. The third kappa shape index (κ3) is 9.24. The Hall–Kier alpha value is -2.82. The number of rotatable bonds is 3. The molecule has 2 amide bonds. The van der Waals surface area contributed by atoms with Gasteiger partial charge in [0.1, 0.15) is 16.1 Å². The number of hydrogen-bond acceptors (Lipinski definition) is 8. The van der Waals surface area contributed by atoms with E-state index in [9.17, 15) is 18.0 Å². The molecule has 1 aromatic carbocycles. The second kappa shape index (κ2) is 9.54. The Labute approximate surface area is 183 Å². The minimum absolute atomic E-state index is 0.0595. The lowest BCUT2D eigenvalue weighted by Crippen LogP contribution is -2.47. The van der Waals surface area contributed by atoms with Crippen LogP contribution in [-0.4, -0.2) is 37.8 Å². The molecule has 1 aromatic rings. The summed E-state index contributed by atoms with van der Waals surface area (Å²) in [6, 6.07) is 3.37. The summed E-state index contributed by atoms with van der Waals surface area (Å²) >= 11 is 0. The molecule has 0 heterocycles. The highest BCUT2D eigenvalue weighted by atomic mass is 32.2. The maximum absolute atomic E-state index is 12.7. The largest absolute Gasteiger partial charge is 0.444 e. The first-order valence-electron chi connectivity index (χ1n) is 9.49. The quantitative estimate of drug-likeness (QED) is 0.402. The van der Waals surface area contributed by atoms with Crippen molar-refractivity contribution in [2.24, 2.45) is 5.16 Å². The third-order valence-corrected chi connectivity index (χ3v) is 4.73. The number of alkyl carbamates (subject to hydrolysis) is 2. The Balaban J connectivity index is 3.19. The van der Waals surface area contributed by atoms with Gasteiger partial charge in [-0.25, -0.2) is 9.59 Å². The van der Waals surface area contributed by atoms with Crippen molar-refractivity contribution in [2.75, 3.05) is 0 Å². The van der Waals surface area contributed by atoms with Gasteiger partial charge >= 0.3 is 22.3 Å². The highest BCUT2D eigenvalue weighted by molar-refractivity contribution is 7.86. The number of aryl methyl sites for hydroxylation is 3. The predicted molar refractivity (Wildman–Crippen MR) is 115 cm³/mol. The van der Waals surface area contributed by atoms with E-state index in [0.29, 0.717) is 11.1 Å². The van der Waals surface area contributed by atoms with Crippen molar-refractivity contribution in [3.05, 3.63) is 28.8 Å². The van der Waals surface area contributed by atoms with Crippen LogP contribution < -0.4 is 10.6 Å². The first-order valence-corrected chi connectivity index (χ1v) is 10.9. The molecule has 0 unspecified atom stereocenters. The van der Waals surface area contributed by atoms with Crippen molar-refractivity contribution in [3.63, 3.8) is 0 Å². The van der Waals surface area contributed by atoms with Crippen LogP contribution in [0.5, 0.6) is 0 Å². The van der Waals surface area contributed by atoms with Gasteiger partial charge in [0.15, 0.2) is 0 Å². The molecular weight excluding hydrogens is 426 g/mol. The van der Waals surface area contributed by atoms with Crippen molar-refractivity contribution in [3.8, 4) is 0 Å². The molecule has 10 nitrogen and oxygen atoms in total. The number of nitrogens with one attached hydrogen (secondary N) is 2. The average molecular weight is 458 g/mol. The second-order valence-electron chi connectivity index (χ2n) is 8.95. The van der Waals surface area contributed by atoms with Gasteiger partial charge in [0.2, 0.25) is 0 Å². The minimum atomic E-state index is -4.35. The number of benzene rings is 1. The van der Waals surface area contributed by atoms with E-state index < -0.39 is 39.5 Å². The molecule has 0 aromatic heterocycles. The SMILES string of the molecule is Cc1cc(C)c(S(=O)(=O)ON=C(NC(=O)OC(C)(C)C)NC(=O)OC(C)(C)C)c(C)c1. The average Bonchev–Trinajstić information content (AvgIpc) is 2.47. The van der Waals surface area contributed by atoms with Crippen LogP contribution in [0.2, 0.25) is 0 Å². The topological polar surface area (TPSA) is 132 Å². The van der Waals surface area contributed by atoms with Gasteiger partial charge in [-0.2, -0.15) is 8.42 Å². The summed E-state index contributed by atoms with van der Waals surface area (Å²) in [5.41, 5.74) is 0.133. The maximum atomic E-state index is 12.7. The fraction of sp³-hybridized carbons (Fsp3) is 0.550. The minimum Gasteiger partial charge on any atom is -0.444 e. The number of amides is 2. The molecule has 0 fully saturated rings. The summed E-state index contributed by atoms with van der Waals surface area (Å²) in [7, 11) is -4.35. The van der Waals surface area contributed by atoms with Gasteiger partial charge in [0, 0.05) is 0 Å². The van der Waals surface area contributed by atoms with Gasteiger partial charge in [-0.15, -0.1) is 0 Å². The summed E-state index contributed by atoms with van der Waals surface area (Å²) in [5, 5.41) is 7.70. The van der Waals surface area contributed by atoms with Gasteiger partial charge in [-0.1, -0.05) is 17.7 Å². The van der Waals surface area contributed by atoms with Gasteiger partial charge in [0.25, 0.3) is 5.96 Å². The Bertz CT molecular complexity index is 916. The highest BCUT2D eigenvalue weighted by Gasteiger charge is 2.25. The number of ether oxygens (including phenoxy) is 2. The molecule has 0 atom stereocenters. The van der Waals surface area contributed by atoms with Crippen LogP contribution in [0.15, 0.2) is 22.2 Å². The van der Waals surface area contributed by atoms with E-state index >= 15 is 0 Å². The van der Waals surface area contributed by atoms with E-state index in [0.717, 1.165) is 5.56 Å². The third-order valence-electron chi connectivity index (χ3n) is 3.32. The molecule has 0 saturated carbocycles. The lowest BCUT2D eigenvalue weighted by molar-refractivity contribution is 0.0541. The van der Waals surface area contributed by atoms with Crippen LogP contribution in [0.4, 0.5) is 9.59 Å². The van der Waals surface area contributed by atoms with Crippen molar-refractivity contribution < 1.29 is 31.8 Å². The smallest absolute Gasteiger partial charge is 0.414 e. The zero-order chi connectivity index (χ0) is 24.2. The standard InChI is InChI=1S/C20H31N3O7S/c1-12-10-13(2)15(14(3)11-12)31(26,27)30-23-16(21-17(24)28-19(4,5)6)22-18(25)29-20(7,8)9/h10-11H,1-9H3,(H2,21,22,23,24,25). The molecule has 0 radical (unpaired) electrons. The molecule has 0 saturated heterocycles. The molecule has 0 aliphatic heterocycles. The normalized spacial score (nSPS) is 11.9. The second-order valence-corrected chi connectivity index (χ2v) is 10.4. The van der Waals surface area contributed by atoms with Crippen molar-refractivity contribution >= 4 is 28.3 Å². The first kappa shape index (κ1) is 26.2. The maximum Gasteiger partial charge on any atom is 0.414 e. The number of oxime groups is 1. The molecule has 0 aliphatic carbocycles. The van der Waals surface area contributed by atoms with Crippen LogP contribution in [-0.2, 0) is 23.9 Å². The van der Waals surface area contributed by atoms with Gasteiger partial charge < -0.3 is 9.47 Å². The molecule has 11 heteroatoms. The zero-order valence-corrected chi connectivity index (χ0v) is 20.2. The van der Waals surface area contributed by atoms with Gasteiger partial charge in [-0.3, -0.25) is 14.9 Å². The molecule has 31 heavy (non-hydrogen) atoms. The van der Waals surface area contributed by atoms with Crippen molar-refractivity contribution in [2.45, 2.75) is 78.4 Å². The number of nitrogens with zero attached hydrogens (tertiary/aromatic N) is 1. The summed E-state index contributed by atoms with van der Waals surface area (Å²) in [5.74, 6) is -0.616. The van der Waals surface area contributed by atoms with E-state index in [4.69, 9.17) is 13.8 Å². The molecule has 0 aliphatic rings. The van der Waals surface area contributed by atoms with Crippen LogP contribution >= 0.6 is 0 Å². The lowest BCUT2D eigenvalue weighted by Gasteiger charge is -2.21. The fourth-order valence-corrected chi connectivity index (χ4v) is 3.72. The first-order chi connectivity index (χ1) is 13.9. The number of carbonyl (C=O) groups is 2. The van der Waals surface area contributed by atoms with Gasteiger partial charge in [-0.05, 0) is 78.6 Å². The summed E-state index contributed by atoms with van der Waals surface area (Å²) < 4.78 is 40.3. The zero-order valence-electron chi connectivity index (χ0n) is 19.4. The molecule has 174 valence electrons. The molecular formula is C20H31N3O7S. The molecule has 1 rings (SSSR count). The summed E-state index contributed by atoms with van der Waals surface area (Å²) in [4.78, 5) is 24.1. The van der Waals surface area contributed by atoms with E-state index in [1.54, 1.807) is 67.5 Å². The van der Waals surface area contributed by atoms with E-state index in [1.165, 1.54) is 0 Å². The van der Waals surface area contributed by atoms with Crippen LogP contribution in [0.1, 0.15) is 58.2 Å². The number of guanidine groups is 1. The van der Waals surface area contributed by atoms with Crippen molar-refractivity contribution in [1.82, 2.24) is 10.6 Å². The predicted octanol–water partition coefficient (Wildman–Crippen LogP) is 3.64. The Kier molecular flexibility index (Phi) is 8.07. The number of carbonyl (C=O) groups excluding carboxylic acids is 2. The van der Waals surface area contributed by atoms with Crippen LogP contribution in [0.3, 0.4) is 0 Å². The Morgan fingerprint density at radius 1 is 0.839 bits per heavy atom. The molecule has 0 spiro atoms. The van der Waals surface area contributed by atoms with E-state index in [2.05, 4.69) is 15.8 Å². The van der Waals surface area contributed by atoms with Crippen molar-refractivity contribution in [1.29, 1.82) is 0 Å². The molecule has 2 N–H and O–H groups in total. The van der Waals surface area contributed by atoms with Crippen LogP contribution in [0.25, 0.3) is 0 Å². The van der Waals surface area contributed by atoms with E-state index in [1.807, 2.05) is 6.92 Å². The monoisotopic (exact) mass is 457 g/mol. The Morgan fingerprint density at radius 3 is 1.58 bits per heavy atom.